The molecule has 2 aromatic rings. The van der Waals surface area contributed by atoms with Gasteiger partial charge in [-0.1, -0.05) is 5.16 Å². The summed E-state index contributed by atoms with van der Waals surface area (Å²) >= 11 is 0. The summed E-state index contributed by atoms with van der Waals surface area (Å²) in [5, 5.41) is 18.3. The van der Waals surface area contributed by atoms with E-state index in [2.05, 4.69) is 29.6 Å². The zero-order chi connectivity index (χ0) is 13.0. The Balaban J connectivity index is 1.99. The second kappa shape index (κ2) is 5.25. The van der Waals surface area contributed by atoms with Gasteiger partial charge in [-0.15, -0.1) is 0 Å². The smallest absolute Gasteiger partial charge is 0.257 e. The lowest BCUT2D eigenvalue weighted by Crippen LogP contribution is -2.27. The lowest BCUT2D eigenvalue weighted by molar-refractivity contribution is 0.278. The maximum atomic E-state index is 11.8. The molecule has 9 nitrogen and oxygen atoms in total. The number of aromatic nitrogens is 4. The summed E-state index contributed by atoms with van der Waals surface area (Å²) in [6.07, 6.45) is 2.73. The molecule has 18 heavy (non-hydrogen) atoms. The van der Waals surface area contributed by atoms with Crippen LogP contribution in [0.15, 0.2) is 22.1 Å². The van der Waals surface area contributed by atoms with Crippen molar-refractivity contribution in [2.45, 2.75) is 18.1 Å². The van der Waals surface area contributed by atoms with Crippen LogP contribution < -0.4 is 4.72 Å². The van der Waals surface area contributed by atoms with Crippen molar-refractivity contribution in [3.8, 4) is 0 Å². The first kappa shape index (κ1) is 12.7. The lowest BCUT2D eigenvalue weighted by atomic mass is 10.4. The van der Waals surface area contributed by atoms with E-state index < -0.39 is 16.6 Å². The maximum Gasteiger partial charge on any atom is 0.257 e. The zero-order valence-corrected chi connectivity index (χ0v) is 10.0. The van der Waals surface area contributed by atoms with Crippen LogP contribution in [0.4, 0.5) is 0 Å². The van der Waals surface area contributed by atoms with E-state index in [0.717, 1.165) is 0 Å². The molecule has 0 atom stereocenters. The normalized spacial score (nSPS) is 11.8. The van der Waals surface area contributed by atoms with Crippen LogP contribution in [0.5, 0.6) is 0 Å². The highest BCUT2D eigenvalue weighted by Gasteiger charge is 2.19. The summed E-state index contributed by atoms with van der Waals surface area (Å²) in [7, 11) is -3.73. The van der Waals surface area contributed by atoms with Gasteiger partial charge in [0.25, 0.3) is 10.0 Å². The van der Waals surface area contributed by atoms with Gasteiger partial charge in [-0.2, -0.15) is 10.1 Å². The number of nitrogens with zero attached hydrogens (tertiary/aromatic N) is 3. The second-order valence-electron chi connectivity index (χ2n) is 3.38. The molecule has 3 N–H and O–H groups in total. The van der Waals surface area contributed by atoms with E-state index in [1.807, 2.05) is 0 Å². The van der Waals surface area contributed by atoms with Gasteiger partial charge in [-0.05, 0) is 0 Å². The largest absolute Gasteiger partial charge is 0.392 e. The number of hydrogen-bond donors (Lipinski definition) is 3. The predicted molar refractivity (Wildman–Crippen MR) is 57.7 cm³/mol. The Labute approximate surface area is 102 Å². The monoisotopic (exact) mass is 273 g/mol. The van der Waals surface area contributed by atoms with Gasteiger partial charge in [0.1, 0.15) is 0 Å². The molecular formula is C8H11N5O4S. The number of aliphatic hydroxyl groups is 1. The van der Waals surface area contributed by atoms with Crippen molar-refractivity contribution in [3.05, 3.63) is 24.0 Å². The van der Waals surface area contributed by atoms with Gasteiger partial charge in [0.15, 0.2) is 10.9 Å². The molecular weight excluding hydrogens is 262 g/mol. The van der Waals surface area contributed by atoms with Crippen LogP contribution in [0.25, 0.3) is 0 Å². The molecule has 0 aliphatic rings. The molecule has 0 fully saturated rings. The van der Waals surface area contributed by atoms with Gasteiger partial charge < -0.3 is 9.63 Å². The van der Waals surface area contributed by atoms with Crippen molar-refractivity contribution in [2.75, 3.05) is 6.54 Å². The molecule has 0 bridgehead atoms. The average molecular weight is 273 g/mol. The predicted octanol–water partition coefficient (Wildman–Crippen LogP) is -1.19. The Morgan fingerprint density at radius 1 is 1.50 bits per heavy atom. The molecule has 2 heterocycles. The minimum absolute atomic E-state index is 0.117. The van der Waals surface area contributed by atoms with Crippen molar-refractivity contribution < 1.29 is 18.0 Å². The number of sulfonamides is 1. The molecule has 2 aromatic heterocycles. The first-order valence-corrected chi connectivity index (χ1v) is 6.50. The highest BCUT2D eigenvalue weighted by atomic mass is 32.2. The SMILES string of the molecule is O=S(=O)(NCCc1ncon1)c1[nH]ncc1CO. The van der Waals surface area contributed by atoms with Gasteiger partial charge in [0, 0.05) is 18.5 Å². The van der Waals surface area contributed by atoms with Crippen molar-refractivity contribution in [2.24, 2.45) is 0 Å². The Hall–Kier alpha value is -1.78. The average Bonchev–Trinajstić information content (AvgIpc) is 2.99. The van der Waals surface area contributed by atoms with E-state index in [1.165, 1.54) is 12.6 Å². The zero-order valence-electron chi connectivity index (χ0n) is 9.20. The van der Waals surface area contributed by atoms with Crippen LogP contribution in [-0.4, -0.2) is 40.4 Å². The Kier molecular flexibility index (Phi) is 3.69. The molecule has 0 radical (unpaired) electrons. The van der Waals surface area contributed by atoms with E-state index in [4.69, 9.17) is 5.11 Å². The number of rotatable bonds is 6. The third-order valence-corrected chi connectivity index (χ3v) is 3.64. The van der Waals surface area contributed by atoms with E-state index in [-0.39, 0.29) is 17.1 Å². The summed E-state index contributed by atoms with van der Waals surface area (Å²) < 4.78 is 30.5. The molecule has 2 rings (SSSR count). The van der Waals surface area contributed by atoms with Crippen LogP contribution in [0, 0.1) is 0 Å². The first-order chi connectivity index (χ1) is 8.63. The highest BCUT2D eigenvalue weighted by Crippen LogP contribution is 2.11. The van der Waals surface area contributed by atoms with Crippen LogP contribution in [0.1, 0.15) is 11.4 Å². The summed E-state index contributed by atoms with van der Waals surface area (Å²) in [6.45, 7) is -0.288. The van der Waals surface area contributed by atoms with Gasteiger partial charge in [0.2, 0.25) is 6.39 Å². The molecule has 0 spiro atoms. The fraction of sp³-hybridized carbons (Fsp3) is 0.375. The van der Waals surface area contributed by atoms with Crippen molar-refractivity contribution >= 4 is 10.0 Å². The standard InChI is InChI=1S/C8H11N5O4S/c14-4-6-3-10-12-8(6)18(15,16)11-2-1-7-9-5-17-13-7/h3,5,11,14H,1-2,4H2,(H,10,12). The quantitative estimate of drug-likeness (QED) is 0.602. The number of aromatic amines is 1. The third kappa shape index (κ3) is 2.72. The van der Waals surface area contributed by atoms with Crippen molar-refractivity contribution in [1.29, 1.82) is 0 Å². The molecule has 10 heteroatoms. The van der Waals surface area contributed by atoms with Gasteiger partial charge in [-0.3, -0.25) is 5.10 Å². The summed E-state index contributed by atoms with van der Waals surface area (Å²) in [5.41, 5.74) is 0.210. The third-order valence-electron chi connectivity index (χ3n) is 2.16. The minimum Gasteiger partial charge on any atom is -0.392 e. The Bertz CT molecular complexity index is 591. The minimum atomic E-state index is -3.73. The second-order valence-corrected chi connectivity index (χ2v) is 5.08. The molecule has 0 saturated carbocycles. The molecule has 0 amide bonds. The fourth-order valence-corrected chi connectivity index (χ4v) is 2.47. The van der Waals surface area contributed by atoms with Crippen LogP contribution in [0.2, 0.25) is 0 Å². The molecule has 98 valence electrons. The Morgan fingerprint density at radius 2 is 2.33 bits per heavy atom. The lowest BCUT2D eigenvalue weighted by Gasteiger charge is -2.04. The number of aliphatic hydroxyl groups excluding tert-OH is 1. The van der Waals surface area contributed by atoms with Crippen molar-refractivity contribution in [3.63, 3.8) is 0 Å². The fourth-order valence-electron chi connectivity index (χ4n) is 1.32. The topological polar surface area (TPSA) is 134 Å². The van der Waals surface area contributed by atoms with Crippen LogP contribution in [0.3, 0.4) is 0 Å². The summed E-state index contributed by atoms with van der Waals surface area (Å²) in [4.78, 5) is 3.76. The van der Waals surface area contributed by atoms with E-state index in [1.54, 1.807) is 0 Å². The summed E-state index contributed by atoms with van der Waals surface area (Å²) in [6, 6.07) is 0. The molecule has 0 saturated heterocycles. The highest BCUT2D eigenvalue weighted by molar-refractivity contribution is 7.89. The van der Waals surface area contributed by atoms with E-state index >= 15 is 0 Å². The van der Waals surface area contributed by atoms with Gasteiger partial charge >= 0.3 is 0 Å². The van der Waals surface area contributed by atoms with Gasteiger partial charge in [0.05, 0.1) is 12.8 Å². The molecule has 0 unspecified atom stereocenters. The van der Waals surface area contributed by atoms with Crippen LogP contribution in [-0.2, 0) is 23.1 Å². The first-order valence-electron chi connectivity index (χ1n) is 5.01. The Morgan fingerprint density at radius 3 is 3.00 bits per heavy atom. The summed E-state index contributed by atoms with van der Waals surface area (Å²) in [5.74, 6) is 0.407. The number of hydrogen-bond acceptors (Lipinski definition) is 7. The maximum absolute atomic E-state index is 11.8. The molecule has 0 aliphatic carbocycles. The molecule has 0 aromatic carbocycles. The van der Waals surface area contributed by atoms with Crippen LogP contribution >= 0.6 is 0 Å². The molecule has 0 aliphatic heterocycles. The number of H-pyrrole nitrogens is 1. The van der Waals surface area contributed by atoms with Gasteiger partial charge in [-0.25, -0.2) is 13.1 Å². The number of nitrogens with one attached hydrogen (secondary N) is 2. The van der Waals surface area contributed by atoms with E-state index in [9.17, 15) is 8.42 Å². The van der Waals surface area contributed by atoms with Crippen molar-refractivity contribution in [1.82, 2.24) is 25.1 Å². The van der Waals surface area contributed by atoms with E-state index in [0.29, 0.717) is 12.2 Å².